The summed E-state index contributed by atoms with van der Waals surface area (Å²) in [5.41, 5.74) is -2.01. The SMILES string of the molecule is O=C(NC1(C(F)(F)F)CC1)N1CCN(c2ncccn2)CC1. The number of nitrogens with one attached hydrogen (secondary N) is 1. The molecule has 22 heavy (non-hydrogen) atoms. The third-order valence-corrected chi connectivity index (χ3v) is 4.04. The van der Waals surface area contributed by atoms with Crippen LogP contribution < -0.4 is 10.2 Å². The summed E-state index contributed by atoms with van der Waals surface area (Å²) >= 11 is 0. The van der Waals surface area contributed by atoms with Gasteiger partial charge >= 0.3 is 12.2 Å². The van der Waals surface area contributed by atoms with Gasteiger partial charge in [-0.05, 0) is 18.9 Å². The number of piperazine rings is 1. The Bertz CT molecular complexity index is 538. The minimum Gasteiger partial charge on any atom is -0.337 e. The largest absolute Gasteiger partial charge is 0.411 e. The Morgan fingerprint density at radius 2 is 1.73 bits per heavy atom. The molecular weight excluding hydrogens is 299 g/mol. The Balaban J connectivity index is 1.55. The highest BCUT2D eigenvalue weighted by atomic mass is 19.4. The van der Waals surface area contributed by atoms with Crippen molar-refractivity contribution in [2.75, 3.05) is 31.1 Å². The number of halogens is 3. The van der Waals surface area contributed by atoms with E-state index in [9.17, 15) is 18.0 Å². The van der Waals surface area contributed by atoms with Gasteiger partial charge in [-0.3, -0.25) is 0 Å². The van der Waals surface area contributed by atoms with Crippen molar-refractivity contribution in [1.29, 1.82) is 0 Å². The van der Waals surface area contributed by atoms with Gasteiger partial charge in [-0.25, -0.2) is 14.8 Å². The quantitative estimate of drug-likeness (QED) is 0.896. The van der Waals surface area contributed by atoms with Gasteiger partial charge in [-0.1, -0.05) is 0 Å². The third kappa shape index (κ3) is 2.79. The number of aromatic nitrogens is 2. The summed E-state index contributed by atoms with van der Waals surface area (Å²) in [6.45, 7) is 1.68. The molecule has 0 radical (unpaired) electrons. The minimum absolute atomic E-state index is 0.0416. The third-order valence-electron chi connectivity index (χ3n) is 4.04. The molecule has 6 nitrogen and oxygen atoms in total. The van der Waals surface area contributed by atoms with Crippen LogP contribution >= 0.6 is 0 Å². The van der Waals surface area contributed by atoms with Crippen molar-refractivity contribution in [3.8, 4) is 0 Å². The molecule has 1 aromatic rings. The van der Waals surface area contributed by atoms with Crippen molar-refractivity contribution >= 4 is 12.0 Å². The van der Waals surface area contributed by atoms with Gasteiger partial charge in [0.15, 0.2) is 0 Å². The molecule has 0 aromatic carbocycles. The fraction of sp³-hybridized carbons (Fsp3) is 0.615. The topological polar surface area (TPSA) is 61.4 Å². The van der Waals surface area contributed by atoms with E-state index in [1.807, 2.05) is 4.90 Å². The molecule has 1 aromatic heterocycles. The lowest BCUT2D eigenvalue weighted by molar-refractivity contribution is -0.163. The zero-order valence-corrected chi connectivity index (χ0v) is 11.8. The average molecular weight is 315 g/mol. The highest BCUT2D eigenvalue weighted by Gasteiger charge is 2.64. The number of hydrogen-bond acceptors (Lipinski definition) is 4. The molecule has 1 N–H and O–H groups in total. The number of carbonyl (C=O) groups is 1. The highest BCUT2D eigenvalue weighted by molar-refractivity contribution is 5.76. The standard InChI is InChI=1S/C13H16F3N5O/c14-13(15,16)12(2-3-12)19-11(22)21-8-6-20(7-9-21)10-17-4-1-5-18-10/h1,4-5H,2-3,6-9H2,(H,19,22). The molecule has 1 aliphatic carbocycles. The molecule has 3 rings (SSSR count). The van der Waals surface area contributed by atoms with Gasteiger partial charge < -0.3 is 15.1 Å². The zero-order chi connectivity index (χ0) is 15.8. The molecule has 0 atom stereocenters. The van der Waals surface area contributed by atoms with Crippen molar-refractivity contribution in [3.05, 3.63) is 18.5 Å². The Labute approximate surface area is 125 Å². The van der Waals surface area contributed by atoms with E-state index >= 15 is 0 Å². The molecule has 9 heteroatoms. The van der Waals surface area contributed by atoms with Crippen LogP contribution in [-0.4, -0.2) is 58.8 Å². The van der Waals surface area contributed by atoms with E-state index in [0.717, 1.165) is 0 Å². The van der Waals surface area contributed by atoms with Crippen LogP contribution in [-0.2, 0) is 0 Å². The predicted octanol–water partition coefficient (Wildman–Crippen LogP) is 1.40. The smallest absolute Gasteiger partial charge is 0.337 e. The molecule has 0 unspecified atom stereocenters. The molecule has 0 bridgehead atoms. The first-order valence-corrected chi connectivity index (χ1v) is 7.07. The molecule has 120 valence electrons. The number of carbonyl (C=O) groups excluding carboxylic acids is 1. The Morgan fingerprint density at radius 1 is 1.14 bits per heavy atom. The van der Waals surface area contributed by atoms with Gasteiger partial charge in [0, 0.05) is 38.6 Å². The molecule has 2 fully saturated rings. The van der Waals surface area contributed by atoms with E-state index in [1.165, 1.54) is 4.90 Å². The van der Waals surface area contributed by atoms with E-state index in [-0.39, 0.29) is 12.8 Å². The Hall–Kier alpha value is -2.06. The molecule has 1 saturated carbocycles. The van der Waals surface area contributed by atoms with Crippen LogP contribution in [0.1, 0.15) is 12.8 Å². The van der Waals surface area contributed by atoms with Crippen LogP contribution in [0.25, 0.3) is 0 Å². The van der Waals surface area contributed by atoms with Crippen LogP contribution in [0.4, 0.5) is 23.9 Å². The lowest BCUT2D eigenvalue weighted by atomic mass is 10.2. The van der Waals surface area contributed by atoms with Crippen molar-refractivity contribution in [3.63, 3.8) is 0 Å². The van der Waals surface area contributed by atoms with Gasteiger partial charge in [0.1, 0.15) is 5.54 Å². The first kappa shape index (κ1) is 14.9. The molecule has 1 aliphatic heterocycles. The maximum Gasteiger partial charge on any atom is 0.411 e. The van der Waals surface area contributed by atoms with E-state index in [0.29, 0.717) is 32.1 Å². The van der Waals surface area contributed by atoms with Crippen LogP contribution in [0.5, 0.6) is 0 Å². The Morgan fingerprint density at radius 3 is 2.23 bits per heavy atom. The van der Waals surface area contributed by atoms with Crippen LogP contribution in [0.2, 0.25) is 0 Å². The van der Waals surface area contributed by atoms with Crippen LogP contribution in [0.15, 0.2) is 18.5 Å². The number of hydrogen-bond donors (Lipinski definition) is 1. The van der Waals surface area contributed by atoms with Gasteiger partial charge in [0.25, 0.3) is 0 Å². The summed E-state index contributed by atoms with van der Waals surface area (Å²) in [5.74, 6) is 0.566. The number of rotatable bonds is 2. The fourth-order valence-electron chi connectivity index (χ4n) is 2.45. The van der Waals surface area contributed by atoms with Crippen molar-refractivity contribution in [1.82, 2.24) is 20.2 Å². The van der Waals surface area contributed by atoms with Crippen molar-refractivity contribution in [2.45, 2.75) is 24.6 Å². The fourth-order valence-corrected chi connectivity index (χ4v) is 2.45. The summed E-state index contributed by atoms with van der Waals surface area (Å²) < 4.78 is 38.5. The number of urea groups is 1. The zero-order valence-electron chi connectivity index (χ0n) is 11.8. The summed E-state index contributed by atoms with van der Waals surface area (Å²) in [6.07, 6.45) is -1.22. The van der Waals surface area contributed by atoms with E-state index in [4.69, 9.17) is 0 Å². The summed E-state index contributed by atoms with van der Waals surface area (Å²) in [4.78, 5) is 23.6. The first-order valence-electron chi connectivity index (χ1n) is 7.07. The first-order chi connectivity index (χ1) is 10.4. The monoisotopic (exact) mass is 315 g/mol. The molecule has 1 saturated heterocycles. The minimum atomic E-state index is -4.39. The number of nitrogens with zero attached hydrogens (tertiary/aromatic N) is 4. The second-order valence-electron chi connectivity index (χ2n) is 5.53. The lowest BCUT2D eigenvalue weighted by Crippen LogP contribution is -2.57. The maximum atomic E-state index is 12.8. The van der Waals surface area contributed by atoms with Crippen LogP contribution in [0, 0.1) is 0 Å². The van der Waals surface area contributed by atoms with E-state index in [1.54, 1.807) is 18.5 Å². The molecule has 2 heterocycles. The second-order valence-corrected chi connectivity index (χ2v) is 5.53. The van der Waals surface area contributed by atoms with Gasteiger partial charge in [0.2, 0.25) is 5.95 Å². The highest BCUT2D eigenvalue weighted by Crippen LogP contribution is 2.48. The van der Waals surface area contributed by atoms with Crippen molar-refractivity contribution < 1.29 is 18.0 Å². The number of amides is 2. The van der Waals surface area contributed by atoms with Gasteiger partial charge in [0.05, 0.1) is 0 Å². The summed E-state index contributed by atoms with van der Waals surface area (Å²) in [5, 5.41) is 2.14. The molecular formula is C13H16F3N5O. The lowest BCUT2D eigenvalue weighted by Gasteiger charge is -2.35. The molecule has 0 spiro atoms. The maximum absolute atomic E-state index is 12.8. The van der Waals surface area contributed by atoms with E-state index < -0.39 is 17.7 Å². The normalized spacial score (nSPS) is 20.7. The van der Waals surface area contributed by atoms with E-state index in [2.05, 4.69) is 15.3 Å². The number of anilines is 1. The second kappa shape index (κ2) is 5.29. The summed E-state index contributed by atoms with van der Waals surface area (Å²) in [7, 11) is 0. The average Bonchev–Trinajstić information content (AvgIpc) is 3.29. The summed E-state index contributed by atoms with van der Waals surface area (Å²) in [6, 6.07) is 1.06. The number of alkyl halides is 3. The molecule has 2 aliphatic rings. The predicted molar refractivity (Wildman–Crippen MR) is 72.4 cm³/mol. The molecule has 2 amide bonds. The van der Waals surface area contributed by atoms with Crippen molar-refractivity contribution in [2.24, 2.45) is 0 Å². The Kier molecular flexibility index (Phi) is 3.57. The van der Waals surface area contributed by atoms with Gasteiger partial charge in [-0.2, -0.15) is 13.2 Å². The van der Waals surface area contributed by atoms with Gasteiger partial charge in [-0.15, -0.1) is 0 Å². The van der Waals surface area contributed by atoms with Crippen LogP contribution in [0.3, 0.4) is 0 Å².